The SMILES string of the molecule is CC(=O)NC(=O)c1ccc2c(c1)[C@H](Nc1ccc(N3CCOCC3)cc1)C[C@H](C)N2C(C)=O. The molecule has 8 heteroatoms. The molecule has 0 aromatic heterocycles. The fourth-order valence-corrected chi connectivity index (χ4v) is 4.65. The number of anilines is 3. The zero-order valence-electron chi connectivity index (χ0n) is 19.3. The van der Waals surface area contributed by atoms with Crippen molar-refractivity contribution in [1.82, 2.24) is 5.32 Å². The number of rotatable bonds is 4. The summed E-state index contributed by atoms with van der Waals surface area (Å²) in [7, 11) is 0. The molecule has 2 atom stereocenters. The Morgan fingerprint density at radius 3 is 2.33 bits per heavy atom. The molecule has 2 N–H and O–H groups in total. The monoisotopic (exact) mass is 450 g/mol. The van der Waals surface area contributed by atoms with Gasteiger partial charge in [0.2, 0.25) is 11.8 Å². The Morgan fingerprint density at radius 1 is 1.00 bits per heavy atom. The van der Waals surface area contributed by atoms with Crippen molar-refractivity contribution in [2.45, 2.75) is 39.3 Å². The van der Waals surface area contributed by atoms with Crippen molar-refractivity contribution in [2.75, 3.05) is 41.4 Å². The van der Waals surface area contributed by atoms with Crippen molar-refractivity contribution < 1.29 is 19.1 Å². The lowest BCUT2D eigenvalue weighted by Crippen LogP contribution is -2.43. The Bertz CT molecular complexity index is 1050. The smallest absolute Gasteiger partial charge is 0.257 e. The molecule has 2 aliphatic rings. The summed E-state index contributed by atoms with van der Waals surface area (Å²) in [5, 5.41) is 5.90. The summed E-state index contributed by atoms with van der Waals surface area (Å²) < 4.78 is 5.43. The zero-order chi connectivity index (χ0) is 23.5. The van der Waals surface area contributed by atoms with Gasteiger partial charge in [-0.2, -0.15) is 0 Å². The number of benzene rings is 2. The minimum absolute atomic E-state index is 0.00276. The second-order valence-electron chi connectivity index (χ2n) is 8.60. The van der Waals surface area contributed by atoms with Crippen LogP contribution in [0.1, 0.15) is 49.2 Å². The van der Waals surface area contributed by atoms with Crippen LogP contribution in [0.15, 0.2) is 42.5 Å². The topological polar surface area (TPSA) is 91.0 Å². The zero-order valence-corrected chi connectivity index (χ0v) is 19.3. The third-order valence-electron chi connectivity index (χ3n) is 6.16. The van der Waals surface area contributed by atoms with Gasteiger partial charge in [0.15, 0.2) is 0 Å². The first-order valence-corrected chi connectivity index (χ1v) is 11.3. The van der Waals surface area contributed by atoms with E-state index in [4.69, 9.17) is 4.74 Å². The van der Waals surface area contributed by atoms with Gasteiger partial charge in [0, 0.05) is 55.6 Å². The maximum Gasteiger partial charge on any atom is 0.257 e. The molecule has 3 amide bonds. The number of hydrogen-bond donors (Lipinski definition) is 2. The molecule has 2 heterocycles. The highest BCUT2D eigenvalue weighted by molar-refractivity contribution is 6.05. The number of amides is 3. The van der Waals surface area contributed by atoms with Crippen molar-refractivity contribution in [2.24, 2.45) is 0 Å². The minimum Gasteiger partial charge on any atom is -0.378 e. The molecule has 2 aliphatic heterocycles. The number of nitrogens with one attached hydrogen (secondary N) is 2. The summed E-state index contributed by atoms with van der Waals surface area (Å²) in [6.45, 7) is 8.12. The van der Waals surface area contributed by atoms with E-state index in [1.54, 1.807) is 30.0 Å². The average Bonchev–Trinajstić information content (AvgIpc) is 2.79. The molecule has 0 spiro atoms. The molecule has 0 unspecified atom stereocenters. The predicted octanol–water partition coefficient (Wildman–Crippen LogP) is 3.10. The standard InChI is InChI=1S/C25H30N4O4/c1-16-14-23(27-20-5-7-21(8-6-20)28-10-12-33-13-11-28)22-15-19(25(32)26-17(2)30)4-9-24(22)29(16)18(3)31/h4-9,15-16,23,27H,10-14H2,1-3H3,(H,26,30,32)/t16-,23+/m0/s1. The van der Waals surface area contributed by atoms with Gasteiger partial charge in [-0.1, -0.05) is 0 Å². The van der Waals surface area contributed by atoms with E-state index < -0.39 is 11.8 Å². The summed E-state index contributed by atoms with van der Waals surface area (Å²) >= 11 is 0. The lowest BCUT2D eigenvalue weighted by molar-refractivity contribution is -0.118. The molecule has 1 fully saturated rings. The van der Waals surface area contributed by atoms with Crippen molar-refractivity contribution >= 4 is 34.8 Å². The van der Waals surface area contributed by atoms with Gasteiger partial charge < -0.3 is 19.9 Å². The highest BCUT2D eigenvalue weighted by Crippen LogP contribution is 2.39. The van der Waals surface area contributed by atoms with Crippen LogP contribution >= 0.6 is 0 Å². The van der Waals surface area contributed by atoms with E-state index in [-0.39, 0.29) is 18.0 Å². The quantitative estimate of drug-likeness (QED) is 0.744. The van der Waals surface area contributed by atoms with Gasteiger partial charge in [-0.15, -0.1) is 0 Å². The maximum atomic E-state index is 12.4. The number of nitrogens with zero attached hydrogens (tertiary/aromatic N) is 2. The first-order chi connectivity index (χ1) is 15.8. The van der Waals surface area contributed by atoms with E-state index in [9.17, 15) is 14.4 Å². The Morgan fingerprint density at radius 2 is 1.70 bits per heavy atom. The maximum absolute atomic E-state index is 12.4. The van der Waals surface area contributed by atoms with E-state index in [2.05, 4.69) is 39.8 Å². The summed E-state index contributed by atoms with van der Waals surface area (Å²) in [6.07, 6.45) is 0.690. The highest BCUT2D eigenvalue weighted by Gasteiger charge is 2.33. The third kappa shape index (κ3) is 5.01. The number of imide groups is 1. The second kappa shape index (κ2) is 9.62. The predicted molar refractivity (Wildman–Crippen MR) is 128 cm³/mol. The molecule has 33 heavy (non-hydrogen) atoms. The fraction of sp³-hybridized carbons (Fsp3) is 0.400. The molecule has 0 saturated carbocycles. The van der Waals surface area contributed by atoms with Crippen molar-refractivity contribution in [1.29, 1.82) is 0 Å². The molecule has 2 aromatic carbocycles. The van der Waals surface area contributed by atoms with Crippen molar-refractivity contribution in [3.05, 3.63) is 53.6 Å². The first kappa shape index (κ1) is 22.8. The van der Waals surface area contributed by atoms with Crippen LogP contribution < -0.4 is 20.4 Å². The molecule has 0 bridgehead atoms. The van der Waals surface area contributed by atoms with Crippen LogP contribution in [0.5, 0.6) is 0 Å². The van der Waals surface area contributed by atoms with Crippen LogP contribution in [0.4, 0.5) is 17.1 Å². The van der Waals surface area contributed by atoms with Crippen molar-refractivity contribution in [3.8, 4) is 0 Å². The molecular formula is C25H30N4O4. The van der Waals surface area contributed by atoms with Crippen molar-refractivity contribution in [3.63, 3.8) is 0 Å². The molecule has 4 rings (SSSR count). The van der Waals surface area contributed by atoms with Crippen LogP contribution in [0.25, 0.3) is 0 Å². The van der Waals surface area contributed by atoms with Gasteiger partial charge in [0.1, 0.15) is 0 Å². The Balaban J connectivity index is 1.61. The summed E-state index contributed by atoms with van der Waals surface area (Å²) in [5.41, 5.74) is 4.15. The number of ether oxygens (including phenoxy) is 1. The van der Waals surface area contributed by atoms with Gasteiger partial charge in [-0.25, -0.2) is 0 Å². The van der Waals surface area contributed by atoms with E-state index in [1.807, 2.05) is 6.92 Å². The van der Waals surface area contributed by atoms with E-state index in [1.165, 1.54) is 6.92 Å². The Labute approximate surface area is 193 Å². The number of carbonyl (C=O) groups excluding carboxylic acids is 3. The van der Waals surface area contributed by atoms with Crippen LogP contribution in [-0.2, 0) is 14.3 Å². The summed E-state index contributed by atoms with van der Waals surface area (Å²) in [4.78, 5) is 40.2. The summed E-state index contributed by atoms with van der Waals surface area (Å²) in [6, 6.07) is 13.4. The number of carbonyl (C=O) groups is 3. The molecule has 8 nitrogen and oxygen atoms in total. The largest absolute Gasteiger partial charge is 0.378 e. The normalized spacial score (nSPS) is 20.1. The van der Waals surface area contributed by atoms with Gasteiger partial charge in [0.25, 0.3) is 5.91 Å². The third-order valence-corrected chi connectivity index (χ3v) is 6.16. The number of morpholine rings is 1. The number of fused-ring (bicyclic) bond motifs is 1. The van der Waals surface area contributed by atoms with Crippen LogP contribution in [0, 0.1) is 0 Å². The first-order valence-electron chi connectivity index (χ1n) is 11.3. The Hall–Kier alpha value is -3.39. The second-order valence-corrected chi connectivity index (χ2v) is 8.60. The fourth-order valence-electron chi connectivity index (χ4n) is 4.65. The molecular weight excluding hydrogens is 420 g/mol. The minimum atomic E-state index is -0.452. The number of hydrogen-bond acceptors (Lipinski definition) is 6. The van der Waals surface area contributed by atoms with Crippen LogP contribution in [-0.4, -0.2) is 50.1 Å². The van der Waals surface area contributed by atoms with Gasteiger partial charge in [-0.05, 0) is 61.4 Å². The van der Waals surface area contributed by atoms with Gasteiger partial charge in [0.05, 0.1) is 19.3 Å². The molecule has 0 aliphatic carbocycles. The van der Waals surface area contributed by atoms with E-state index >= 15 is 0 Å². The Kier molecular flexibility index (Phi) is 6.65. The molecule has 2 aromatic rings. The van der Waals surface area contributed by atoms with Crippen LogP contribution in [0.2, 0.25) is 0 Å². The summed E-state index contributed by atoms with van der Waals surface area (Å²) in [5.74, 6) is -0.906. The molecule has 1 saturated heterocycles. The van der Waals surface area contributed by atoms with Gasteiger partial charge in [-0.3, -0.25) is 19.7 Å². The molecule has 174 valence electrons. The highest BCUT2D eigenvalue weighted by atomic mass is 16.5. The van der Waals surface area contributed by atoms with E-state index in [0.717, 1.165) is 48.9 Å². The lowest BCUT2D eigenvalue weighted by Gasteiger charge is -2.39. The van der Waals surface area contributed by atoms with E-state index in [0.29, 0.717) is 12.0 Å². The lowest BCUT2D eigenvalue weighted by atomic mass is 9.90. The average molecular weight is 451 g/mol. The molecule has 0 radical (unpaired) electrons. The van der Waals surface area contributed by atoms with Crippen LogP contribution in [0.3, 0.4) is 0 Å². The van der Waals surface area contributed by atoms with Gasteiger partial charge >= 0.3 is 0 Å².